The first-order valence-corrected chi connectivity index (χ1v) is 12.3. The highest BCUT2D eigenvalue weighted by molar-refractivity contribution is 5.88. The van der Waals surface area contributed by atoms with Crippen molar-refractivity contribution in [2.75, 3.05) is 13.2 Å². The van der Waals surface area contributed by atoms with Crippen molar-refractivity contribution >= 4 is 16.9 Å². The minimum absolute atomic E-state index is 0.0282. The number of aromatic nitrogens is 1. The SMILES string of the molecule is C=C(C)C(=O)OCCCC(F)(F)CCCOc1ccc2cc(-c3ccc(CC)cc3)n(CC)c2c1. The molecule has 0 spiro atoms. The number of nitrogens with zero attached hydrogens (tertiary/aromatic N) is 1. The van der Waals surface area contributed by atoms with Crippen molar-refractivity contribution in [3.63, 3.8) is 0 Å². The maximum absolute atomic E-state index is 14.1. The number of esters is 1. The highest BCUT2D eigenvalue weighted by Gasteiger charge is 2.27. The number of ether oxygens (including phenoxy) is 2. The van der Waals surface area contributed by atoms with Crippen molar-refractivity contribution in [2.24, 2.45) is 0 Å². The van der Waals surface area contributed by atoms with Gasteiger partial charge in [0, 0.05) is 42.1 Å². The van der Waals surface area contributed by atoms with Crippen LogP contribution in [0, 0.1) is 0 Å². The van der Waals surface area contributed by atoms with Crippen LogP contribution in [-0.4, -0.2) is 29.7 Å². The second kappa shape index (κ2) is 12.0. The van der Waals surface area contributed by atoms with Gasteiger partial charge in [0.25, 0.3) is 0 Å². The predicted octanol–water partition coefficient (Wildman–Crippen LogP) is 7.58. The number of rotatable bonds is 13. The van der Waals surface area contributed by atoms with E-state index in [1.165, 1.54) is 18.1 Å². The standard InChI is InChI=1S/C29H35F2NO3/c1-5-22-9-11-23(12-10-22)26-19-24-13-14-25(20-27(24)32(26)6-2)34-17-7-15-29(30,31)16-8-18-35-28(33)21(3)4/h9-14,19-20H,3,5-8,15-18H2,1-2,4H3. The van der Waals surface area contributed by atoms with Crippen molar-refractivity contribution in [1.82, 2.24) is 4.57 Å². The van der Waals surface area contributed by atoms with Crippen molar-refractivity contribution in [2.45, 2.75) is 65.3 Å². The lowest BCUT2D eigenvalue weighted by Gasteiger charge is -2.16. The van der Waals surface area contributed by atoms with Gasteiger partial charge in [0.2, 0.25) is 5.92 Å². The molecular weight excluding hydrogens is 448 g/mol. The Kier molecular flexibility index (Phi) is 9.07. The van der Waals surface area contributed by atoms with Gasteiger partial charge in [-0.15, -0.1) is 0 Å². The van der Waals surface area contributed by atoms with Gasteiger partial charge in [0.05, 0.1) is 18.7 Å². The summed E-state index contributed by atoms with van der Waals surface area (Å²) in [6.07, 6.45) is 0.761. The van der Waals surface area contributed by atoms with E-state index in [0.717, 1.165) is 29.6 Å². The Morgan fingerprint density at radius 2 is 1.69 bits per heavy atom. The zero-order valence-corrected chi connectivity index (χ0v) is 20.9. The Balaban J connectivity index is 1.55. The average Bonchev–Trinajstić information content (AvgIpc) is 3.22. The van der Waals surface area contributed by atoms with E-state index in [9.17, 15) is 13.6 Å². The van der Waals surface area contributed by atoms with Gasteiger partial charge in [-0.05, 0) is 62.4 Å². The van der Waals surface area contributed by atoms with E-state index in [2.05, 4.69) is 55.3 Å². The van der Waals surface area contributed by atoms with Gasteiger partial charge < -0.3 is 14.0 Å². The second-order valence-corrected chi connectivity index (χ2v) is 8.87. The first-order valence-electron chi connectivity index (χ1n) is 12.3. The number of alkyl halides is 2. The molecule has 4 nitrogen and oxygen atoms in total. The molecule has 0 saturated carbocycles. The number of hydrogen-bond acceptors (Lipinski definition) is 3. The third-order valence-corrected chi connectivity index (χ3v) is 6.07. The zero-order valence-electron chi connectivity index (χ0n) is 20.9. The Bertz CT molecular complexity index is 1150. The lowest BCUT2D eigenvalue weighted by atomic mass is 10.1. The summed E-state index contributed by atoms with van der Waals surface area (Å²) >= 11 is 0. The molecule has 0 bridgehead atoms. The number of aryl methyl sites for hydroxylation is 2. The van der Waals surface area contributed by atoms with Crippen molar-refractivity contribution in [3.05, 3.63) is 66.2 Å². The molecule has 0 unspecified atom stereocenters. The largest absolute Gasteiger partial charge is 0.494 e. The lowest BCUT2D eigenvalue weighted by molar-refractivity contribution is -0.139. The molecule has 1 aromatic heterocycles. The Hall–Kier alpha value is -3.15. The van der Waals surface area contributed by atoms with E-state index >= 15 is 0 Å². The molecule has 35 heavy (non-hydrogen) atoms. The molecule has 0 aliphatic rings. The van der Waals surface area contributed by atoms with Crippen LogP contribution in [0.4, 0.5) is 8.78 Å². The van der Waals surface area contributed by atoms with Crippen LogP contribution in [0.25, 0.3) is 22.2 Å². The average molecular weight is 484 g/mol. The molecular formula is C29H35F2NO3. The molecule has 3 rings (SSSR count). The van der Waals surface area contributed by atoms with Gasteiger partial charge in [0.1, 0.15) is 5.75 Å². The minimum atomic E-state index is -2.82. The number of carbonyl (C=O) groups excluding carboxylic acids is 1. The van der Waals surface area contributed by atoms with Crippen LogP contribution < -0.4 is 4.74 Å². The summed E-state index contributed by atoms with van der Waals surface area (Å²) in [6, 6.07) is 16.7. The second-order valence-electron chi connectivity index (χ2n) is 8.87. The molecule has 6 heteroatoms. The number of carbonyl (C=O) groups is 1. The smallest absolute Gasteiger partial charge is 0.333 e. The Labute approximate surface area is 206 Å². The fourth-order valence-electron chi connectivity index (χ4n) is 4.08. The van der Waals surface area contributed by atoms with Crippen molar-refractivity contribution < 1.29 is 23.0 Å². The molecule has 188 valence electrons. The van der Waals surface area contributed by atoms with E-state index in [0.29, 0.717) is 5.75 Å². The first-order chi connectivity index (χ1) is 16.7. The molecule has 0 atom stereocenters. The van der Waals surface area contributed by atoms with Crippen LogP contribution in [0.3, 0.4) is 0 Å². The number of fused-ring (bicyclic) bond motifs is 1. The molecule has 0 N–H and O–H groups in total. The van der Waals surface area contributed by atoms with E-state index < -0.39 is 11.9 Å². The van der Waals surface area contributed by atoms with E-state index in [1.807, 2.05) is 18.2 Å². The summed E-state index contributed by atoms with van der Waals surface area (Å²) in [5.74, 6) is -2.69. The quantitative estimate of drug-likeness (QED) is 0.143. The fourth-order valence-corrected chi connectivity index (χ4v) is 4.08. The van der Waals surface area contributed by atoms with Crippen LogP contribution in [-0.2, 0) is 22.5 Å². The van der Waals surface area contributed by atoms with Crippen molar-refractivity contribution in [3.8, 4) is 17.0 Å². The summed E-state index contributed by atoms with van der Waals surface area (Å²) in [5.41, 5.74) is 4.95. The molecule has 0 fully saturated rings. The van der Waals surface area contributed by atoms with Gasteiger partial charge in [0.15, 0.2) is 0 Å². The maximum atomic E-state index is 14.1. The fraction of sp³-hybridized carbons (Fsp3) is 0.414. The third kappa shape index (κ3) is 7.17. The molecule has 0 radical (unpaired) electrons. The van der Waals surface area contributed by atoms with Crippen LogP contribution >= 0.6 is 0 Å². The molecule has 0 amide bonds. The van der Waals surface area contributed by atoms with E-state index in [1.54, 1.807) is 0 Å². The van der Waals surface area contributed by atoms with Gasteiger partial charge in [-0.1, -0.05) is 37.8 Å². The molecule has 2 aromatic carbocycles. The lowest BCUT2D eigenvalue weighted by Crippen LogP contribution is -2.18. The maximum Gasteiger partial charge on any atom is 0.333 e. The van der Waals surface area contributed by atoms with Gasteiger partial charge in [-0.2, -0.15) is 0 Å². The topological polar surface area (TPSA) is 40.5 Å². The third-order valence-electron chi connectivity index (χ3n) is 6.07. The summed E-state index contributed by atoms with van der Waals surface area (Å²) in [5, 5.41) is 1.12. The van der Waals surface area contributed by atoms with E-state index in [-0.39, 0.29) is 44.5 Å². The molecule has 0 aliphatic heterocycles. The van der Waals surface area contributed by atoms with Crippen molar-refractivity contribution in [1.29, 1.82) is 0 Å². The number of hydrogen-bond donors (Lipinski definition) is 0. The Morgan fingerprint density at radius 3 is 2.31 bits per heavy atom. The van der Waals surface area contributed by atoms with Gasteiger partial charge in [-0.3, -0.25) is 0 Å². The zero-order chi connectivity index (χ0) is 25.4. The van der Waals surface area contributed by atoms with Crippen LogP contribution in [0.1, 0.15) is 52.0 Å². The molecule has 1 heterocycles. The molecule has 3 aromatic rings. The van der Waals surface area contributed by atoms with Crippen LogP contribution in [0.5, 0.6) is 5.75 Å². The summed E-state index contributed by atoms with van der Waals surface area (Å²) in [7, 11) is 0. The minimum Gasteiger partial charge on any atom is -0.494 e. The van der Waals surface area contributed by atoms with Crippen LogP contribution in [0.15, 0.2) is 60.7 Å². The first kappa shape index (κ1) is 26.5. The van der Waals surface area contributed by atoms with E-state index in [4.69, 9.17) is 9.47 Å². The predicted molar refractivity (Wildman–Crippen MR) is 137 cm³/mol. The summed E-state index contributed by atoms with van der Waals surface area (Å²) in [4.78, 5) is 11.3. The number of benzene rings is 2. The molecule has 0 saturated heterocycles. The van der Waals surface area contributed by atoms with Crippen LogP contribution in [0.2, 0.25) is 0 Å². The normalized spacial score (nSPS) is 11.6. The van der Waals surface area contributed by atoms with Gasteiger partial charge in [-0.25, -0.2) is 13.6 Å². The Morgan fingerprint density at radius 1 is 1.00 bits per heavy atom. The highest BCUT2D eigenvalue weighted by atomic mass is 19.3. The monoisotopic (exact) mass is 483 g/mol. The summed E-state index contributed by atoms with van der Waals surface area (Å²) < 4.78 is 41.2. The number of halogens is 2. The van der Waals surface area contributed by atoms with Gasteiger partial charge >= 0.3 is 5.97 Å². The molecule has 0 aliphatic carbocycles. The summed E-state index contributed by atoms with van der Waals surface area (Å²) in [6.45, 7) is 10.2. The highest BCUT2D eigenvalue weighted by Crippen LogP contribution is 2.31.